The van der Waals surface area contributed by atoms with E-state index < -0.39 is 17.7 Å². The molecule has 5 aromatic rings. The maximum absolute atomic E-state index is 13.9. The van der Waals surface area contributed by atoms with E-state index in [1.165, 1.54) is 16.2 Å². The van der Waals surface area contributed by atoms with Crippen molar-refractivity contribution in [3.8, 4) is 17.2 Å². The standard InChI is InChI=1S/C37H32N2O6S/c1-4-43-30-19-24(11-15-29(30)44-20-23-8-6-5-7-9-23)33-32(34(40)25-12-14-28-26(18-25)17-22(3)45-28)35(41)36(42)39(33)37-38-27-13-10-21(2)16-31(27)46-37/h5-16,18-19,22,33,40H,4,17,20H2,1-3H3/b34-32+/t22-,33-/m1/s1. The molecule has 3 heterocycles. The Morgan fingerprint density at radius 3 is 2.63 bits per heavy atom. The van der Waals surface area contributed by atoms with Gasteiger partial charge in [-0.3, -0.25) is 14.5 Å². The zero-order valence-corrected chi connectivity index (χ0v) is 26.5. The van der Waals surface area contributed by atoms with Gasteiger partial charge in [0.2, 0.25) is 0 Å². The van der Waals surface area contributed by atoms with Crippen molar-refractivity contribution in [2.24, 2.45) is 0 Å². The van der Waals surface area contributed by atoms with Crippen LogP contribution in [-0.4, -0.2) is 34.5 Å². The normalized spacial score (nSPS) is 18.5. The largest absolute Gasteiger partial charge is 0.507 e. The average Bonchev–Trinajstić information content (AvgIpc) is 3.72. The molecule has 1 aromatic heterocycles. The molecule has 0 spiro atoms. The Hall–Kier alpha value is -5.15. The molecule has 0 radical (unpaired) electrons. The summed E-state index contributed by atoms with van der Waals surface area (Å²) in [4.78, 5) is 33.9. The Morgan fingerprint density at radius 2 is 1.83 bits per heavy atom. The van der Waals surface area contributed by atoms with Gasteiger partial charge in [-0.1, -0.05) is 53.8 Å². The quantitative estimate of drug-likeness (QED) is 0.107. The molecule has 46 heavy (non-hydrogen) atoms. The highest BCUT2D eigenvalue weighted by Crippen LogP contribution is 2.46. The zero-order valence-electron chi connectivity index (χ0n) is 25.7. The highest BCUT2D eigenvalue weighted by Gasteiger charge is 2.48. The molecule has 1 N–H and O–H groups in total. The molecule has 9 heteroatoms. The van der Waals surface area contributed by atoms with Crippen molar-refractivity contribution < 1.29 is 28.9 Å². The number of rotatable bonds is 8. The first-order chi connectivity index (χ1) is 22.3. The molecule has 0 saturated carbocycles. The van der Waals surface area contributed by atoms with E-state index in [9.17, 15) is 14.7 Å². The highest BCUT2D eigenvalue weighted by atomic mass is 32.1. The lowest BCUT2D eigenvalue weighted by molar-refractivity contribution is -0.132. The summed E-state index contributed by atoms with van der Waals surface area (Å²) in [5, 5.41) is 12.1. The summed E-state index contributed by atoms with van der Waals surface area (Å²) >= 11 is 1.33. The number of aliphatic hydroxyl groups is 1. The lowest BCUT2D eigenvalue weighted by Gasteiger charge is -2.24. The number of fused-ring (bicyclic) bond motifs is 2. The molecule has 1 amide bonds. The summed E-state index contributed by atoms with van der Waals surface area (Å²) in [5.74, 6) is -0.0706. The van der Waals surface area contributed by atoms with Crippen LogP contribution in [0.1, 0.15) is 47.7 Å². The molecule has 2 aliphatic heterocycles. The van der Waals surface area contributed by atoms with Crippen LogP contribution < -0.4 is 19.1 Å². The van der Waals surface area contributed by atoms with Gasteiger partial charge in [0.15, 0.2) is 16.6 Å². The van der Waals surface area contributed by atoms with Gasteiger partial charge in [0.1, 0.15) is 24.2 Å². The molecule has 2 aliphatic rings. The van der Waals surface area contributed by atoms with Crippen LogP contribution in [0.25, 0.3) is 16.0 Å². The number of ether oxygens (including phenoxy) is 3. The van der Waals surface area contributed by atoms with E-state index in [1.54, 1.807) is 30.3 Å². The number of anilines is 1. The van der Waals surface area contributed by atoms with Gasteiger partial charge in [0.25, 0.3) is 5.78 Å². The number of aryl methyl sites for hydroxylation is 1. The minimum absolute atomic E-state index is 0.0141. The van der Waals surface area contributed by atoms with E-state index in [0.717, 1.165) is 32.7 Å². The van der Waals surface area contributed by atoms with Gasteiger partial charge in [-0.05, 0) is 85.5 Å². The van der Waals surface area contributed by atoms with Crippen molar-refractivity contribution in [3.05, 3.63) is 118 Å². The number of ketones is 1. The second-order valence-corrected chi connectivity index (χ2v) is 12.5. The van der Waals surface area contributed by atoms with Crippen LogP contribution in [-0.2, 0) is 22.6 Å². The van der Waals surface area contributed by atoms with Gasteiger partial charge in [-0.15, -0.1) is 0 Å². The molecule has 7 rings (SSSR count). The highest BCUT2D eigenvalue weighted by molar-refractivity contribution is 7.22. The Labute approximate surface area is 270 Å². The molecule has 0 aliphatic carbocycles. The van der Waals surface area contributed by atoms with Gasteiger partial charge < -0.3 is 19.3 Å². The second kappa shape index (κ2) is 12.0. The average molecular weight is 633 g/mol. The third-order valence-electron chi connectivity index (χ3n) is 8.17. The van der Waals surface area contributed by atoms with Crippen molar-refractivity contribution in [2.45, 2.75) is 45.9 Å². The van der Waals surface area contributed by atoms with Gasteiger partial charge >= 0.3 is 5.91 Å². The fourth-order valence-electron chi connectivity index (χ4n) is 6.01. The second-order valence-electron chi connectivity index (χ2n) is 11.5. The number of thiazole rings is 1. The number of hydrogen-bond acceptors (Lipinski definition) is 8. The molecule has 8 nitrogen and oxygen atoms in total. The SMILES string of the molecule is CCOc1cc([C@@H]2/C(=C(\O)c3ccc4c(c3)C[C@@H](C)O4)C(=O)C(=O)N2c2nc3ccc(C)cc3s2)ccc1OCc1ccccc1. The van der Waals surface area contributed by atoms with E-state index in [0.29, 0.717) is 47.4 Å². The van der Waals surface area contributed by atoms with E-state index >= 15 is 0 Å². The lowest BCUT2D eigenvalue weighted by atomic mass is 9.94. The first-order valence-corrected chi connectivity index (χ1v) is 16.0. The maximum Gasteiger partial charge on any atom is 0.301 e. The van der Waals surface area contributed by atoms with Gasteiger partial charge in [-0.25, -0.2) is 4.98 Å². The Morgan fingerprint density at radius 1 is 1.00 bits per heavy atom. The van der Waals surface area contributed by atoms with E-state index in [2.05, 4.69) is 0 Å². The number of Topliss-reactive ketones (excluding diaryl/α,β-unsaturated/α-hetero) is 1. The monoisotopic (exact) mass is 632 g/mol. The van der Waals surface area contributed by atoms with Crippen LogP contribution >= 0.6 is 11.3 Å². The lowest BCUT2D eigenvalue weighted by Crippen LogP contribution is -2.29. The molecule has 0 bridgehead atoms. The number of benzene rings is 4. The van der Waals surface area contributed by atoms with Crippen LogP contribution in [0.15, 0.2) is 90.5 Å². The summed E-state index contributed by atoms with van der Waals surface area (Å²) in [5.41, 5.74) is 4.71. The van der Waals surface area contributed by atoms with Crippen LogP contribution in [0.5, 0.6) is 17.2 Å². The van der Waals surface area contributed by atoms with Crippen LogP contribution in [0.4, 0.5) is 5.13 Å². The molecule has 232 valence electrons. The van der Waals surface area contributed by atoms with Gasteiger partial charge in [0, 0.05) is 12.0 Å². The van der Waals surface area contributed by atoms with Gasteiger partial charge in [-0.2, -0.15) is 0 Å². The van der Waals surface area contributed by atoms with Crippen molar-refractivity contribution in [1.29, 1.82) is 0 Å². The predicted octanol–water partition coefficient (Wildman–Crippen LogP) is 7.53. The Kier molecular flexibility index (Phi) is 7.70. The molecule has 4 aromatic carbocycles. The number of carbonyl (C=O) groups is 2. The Balaban J connectivity index is 1.36. The number of aliphatic hydroxyl groups excluding tert-OH is 1. The number of amides is 1. The minimum Gasteiger partial charge on any atom is -0.507 e. The van der Waals surface area contributed by atoms with Crippen LogP contribution in [0.3, 0.4) is 0 Å². The smallest absolute Gasteiger partial charge is 0.301 e. The Bertz CT molecular complexity index is 2020. The van der Waals surface area contributed by atoms with E-state index in [1.807, 2.05) is 75.4 Å². The third kappa shape index (κ3) is 5.37. The van der Waals surface area contributed by atoms with Crippen molar-refractivity contribution in [2.75, 3.05) is 11.5 Å². The summed E-state index contributed by atoms with van der Waals surface area (Å²) in [6, 6.07) is 25.4. The molecule has 0 unspecified atom stereocenters. The number of aromatic nitrogens is 1. The molecule has 1 saturated heterocycles. The molecule has 1 fully saturated rings. The fraction of sp³-hybridized carbons (Fsp3) is 0.216. The first-order valence-electron chi connectivity index (χ1n) is 15.2. The van der Waals surface area contributed by atoms with E-state index in [4.69, 9.17) is 19.2 Å². The van der Waals surface area contributed by atoms with Crippen LogP contribution in [0.2, 0.25) is 0 Å². The van der Waals surface area contributed by atoms with E-state index in [-0.39, 0.29) is 17.4 Å². The number of nitrogens with zero attached hydrogens (tertiary/aromatic N) is 2. The molecule has 2 atom stereocenters. The summed E-state index contributed by atoms with van der Waals surface area (Å²) in [6.45, 7) is 6.56. The maximum atomic E-state index is 13.9. The molecular weight excluding hydrogens is 600 g/mol. The minimum atomic E-state index is -0.965. The first kappa shape index (κ1) is 29.6. The molecular formula is C37H32N2O6S. The topological polar surface area (TPSA) is 98.2 Å². The fourth-order valence-corrected chi connectivity index (χ4v) is 7.10. The van der Waals surface area contributed by atoms with Crippen molar-refractivity contribution >= 4 is 44.1 Å². The van der Waals surface area contributed by atoms with Crippen molar-refractivity contribution in [3.63, 3.8) is 0 Å². The third-order valence-corrected chi connectivity index (χ3v) is 9.19. The zero-order chi connectivity index (χ0) is 31.9. The summed E-state index contributed by atoms with van der Waals surface area (Å²) in [6.07, 6.45) is 0.696. The summed E-state index contributed by atoms with van der Waals surface area (Å²) < 4.78 is 18.9. The number of carbonyl (C=O) groups excluding carboxylic acids is 2. The predicted molar refractivity (Wildman–Crippen MR) is 178 cm³/mol. The van der Waals surface area contributed by atoms with Crippen LogP contribution in [0, 0.1) is 6.92 Å². The van der Waals surface area contributed by atoms with Gasteiger partial charge in [0.05, 0.1) is 28.4 Å². The summed E-state index contributed by atoms with van der Waals surface area (Å²) in [7, 11) is 0. The number of hydrogen-bond donors (Lipinski definition) is 1. The van der Waals surface area contributed by atoms with Crippen molar-refractivity contribution in [1.82, 2.24) is 4.98 Å².